The lowest BCUT2D eigenvalue weighted by Gasteiger charge is -2.06. The molecule has 96 valence electrons. The summed E-state index contributed by atoms with van der Waals surface area (Å²) in [5.41, 5.74) is 0.971. The van der Waals surface area contributed by atoms with Gasteiger partial charge in [-0.2, -0.15) is 11.8 Å². The number of rotatable bonds is 7. The Kier molecular flexibility index (Phi) is 5.85. The number of thioether (sulfide) groups is 1. The van der Waals surface area contributed by atoms with Crippen LogP contribution in [0.4, 0.5) is 5.69 Å². The first-order chi connectivity index (χ1) is 8.04. The summed E-state index contributed by atoms with van der Waals surface area (Å²) >= 11 is 1.93. The van der Waals surface area contributed by atoms with Crippen molar-refractivity contribution in [2.24, 2.45) is 0 Å². The molecule has 0 amide bonds. The van der Waals surface area contributed by atoms with Crippen LogP contribution in [0.1, 0.15) is 13.3 Å². The Morgan fingerprint density at radius 2 is 1.88 bits per heavy atom. The van der Waals surface area contributed by atoms with Gasteiger partial charge in [0.25, 0.3) is 0 Å². The van der Waals surface area contributed by atoms with Gasteiger partial charge < -0.3 is 5.32 Å². The molecule has 0 spiro atoms. The van der Waals surface area contributed by atoms with Crippen molar-refractivity contribution in [1.29, 1.82) is 0 Å². The molecule has 0 radical (unpaired) electrons. The van der Waals surface area contributed by atoms with Gasteiger partial charge in [-0.3, -0.25) is 0 Å². The second-order valence-corrected chi connectivity index (χ2v) is 7.18. The van der Waals surface area contributed by atoms with Crippen LogP contribution in [0.3, 0.4) is 0 Å². The predicted molar refractivity (Wildman–Crippen MR) is 75.7 cm³/mol. The molecule has 5 heteroatoms. The zero-order valence-electron chi connectivity index (χ0n) is 10.3. The number of hydrogen-bond donors (Lipinski definition) is 1. The third-order valence-electron chi connectivity index (χ3n) is 2.28. The summed E-state index contributed by atoms with van der Waals surface area (Å²) in [6, 6.07) is 6.89. The highest BCUT2D eigenvalue weighted by atomic mass is 32.2. The molecular formula is C12H19NO2S2. The largest absolute Gasteiger partial charge is 0.385 e. The van der Waals surface area contributed by atoms with E-state index in [1.165, 1.54) is 6.26 Å². The van der Waals surface area contributed by atoms with Crippen molar-refractivity contribution in [2.45, 2.75) is 18.2 Å². The van der Waals surface area contributed by atoms with Gasteiger partial charge in [0, 0.05) is 18.5 Å². The fourth-order valence-electron chi connectivity index (χ4n) is 1.37. The Morgan fingerprint density at radius 1 is 1.24 bits per heavy atom. The molecule has 1 N–H and O–H groups in total. The lowest BCUT2D eigenvalue weighted by Crippen LogP contribution is -2.03. The monoisotopic (exact) mass is 273 g/mol. The average Bonchev–Trinajstić information content (AvgIpc) is 2.28. The first kappa shape index (κ1) is 14.4. The zero-order chi connectivity index (χ0) is 12.7. The number of anilines is 1. The van der Waals surface area contributed by atoms with E-state index < -0.39 is 9.84 Å². The van der Waals surface area contributed by atoms with Crippen LogP contribution in [0.15, 0.2) is 29.2 Å². The molecule has 0 saturated heterocycles. The van der Waals surface area contributed by atoms with E-state index in [-0.39, 0.29) is 0 Å². The predicted octanol–water partition coefficient (Wildman–Crippen LogP) is 2.65. The third kappa shape index (κ3) is 5.46. The molecule has 0 aliphatic carbocycles. The SMILES string of the molecule is CCSCCCNc1ccc(S(C)(=O)=O)cc1. The number of hydrogen-bond acceptors (Lipinski definition) is 4. The van der Waals surface area contributed by atoms with E-state index in [0.717, 1.165) is 30.2 Å². The molecule has 17 heavy (non-hydrogen) atoms. The summed E-state index contributed by atoms with van der Waals surface area (Å²) in [6.07, 6.45) is 2.34. The molecule has 0 unspecified atom stereocenters. The molecule has 3 nitrogen and oxygen atoms in total. The van der Waals surface area contributed by atoms with E-state index in [9.17, 15) is 8.42 Å². The van der Waals surface area contributed by atoms with E-state index in [4.69, 9.17) is 0 Å². The van der Waals surface area contributed by atoms with E-state index in [1.54, 1.807) is 12.1 Å². The molecule has 0 heterocycles. The fourth-order valence-corrected chi connectivity index (χ4v) is 2.64. The van der Waals surface area contributed by atoms with Gasteiger partial charge in [0.1, 0.15) is 0 Å². The summed E-state index contributed by atoms with van der Waals surface area (Å²) in [4.78, 5) is 0.365. The maximum atomic E-state index is 11.3. The van der Waals surface area contributed by atoms with Crippen LogP contribution in [-0.2, 0) is 9.84 Å². The summed E-state index contributed by atoms with van der Waals surface area (Å²) in [5.74, 6) is 2.31. The van der Waals surface area contributed by atoms with Gasteiger partial charge in [0.15, 0.2) is 9.84 Å². The Balaban J connectivity index is 2.41. The van der Waals surface area contributed by atoms with Crippen molar-refractivity contribution in [3.8, 4) is 0 Å². The molecule has 0 fully saturated rings. The van der Waals surface area contributed by atoms with Crippen LogP contribution < -0.4 is 5.32 Å². The normalized spacial score (nSPS) is 11.4. The standard InChI is InChI=1S/C12H19NO2S2/c1-3-16-10-4-9-13-11-5-7-12(8-6-11)17(2,14)15/h5-8,13H,3-4,9-10H2,1-2H3. The number of nitrogens with one attached hydrogen (secondary N) is 1. The molecule has 1 aromatic rings. The minimum Gasteiger partial charge on any atom is -0.385 e. The Morgan fingerprint density at radius 3 is 2.41 bits per heavy atom. The summed E-state index contributed by atoms with van der Waals surface area (Å²) in [6.45, 7) is 3.08. The zero-order valence-corrected chi connectivity index (χ0v) is 11.9. The topological polar surface area (TPSA) is 46.2 Å². The highest BCUT2D eigenvalue weighted by Gasteiger charge is 2.05. The van der Waals surface area contributed by atoms with Crippen molar-refractivity contribution in [1.82, 2.24) is 0 Å². The van der Waals surface area contributed by atoms with Crippen LogP contribution in [0.2, 0.25) is 0 Å². The van der Waals surface area contributed by atoms with Crippen LogP contribution in [-0.4, -0.2) is 32.7 Å². The van der Waals surface area contributed by atoms with Gasteiger partial charge in [-0.15, -0.1) is 0 Å². The molecule has 1 rings (SSSR count). The van der Waals surface area contributed by atoms with Gasteiger partial charge in [-0.05, 0) is 42.2 Å². The van der Waals surface area contributed by atoms with Crippen molar-refractivity contribution in [3.05, 3.63) is 24.3 Å². The molecular weight excluding hydrogens is 254 g/mol. The van der Waals surface area contributed by atoms with Crippen LogP contribution in [0, 0.1) is 0 Å². The smallest absolute Gasteiger partial charge is 0.175 e. The Bertz CT molecular complexity index is 426. The lowest BCUT2D eigenvalue weighted by atomic mass is 10.3. The summed E-state index contributed by atoms with van der Waals surface area (Å²) in [5, 5.41) is 3.27. The molecule has 0 bridgehead atoms. The van der Waals surface area contributed by atoms with E-state index in [0.29, 0.717) is 4.90 Å². The maximum Gasteiger partial charge on any atom is 0.175 e. The Hall–Kier alpha value is -0.680. The first-order valence-electron chi connectivity index (χ1n) is 5.66. The maximum absolute atomic E-state index is 11.3. The van der Waals surface area contributed by atoms with Gasteiger partial charge in [-0.25, -0.2) is 8.42 Å². The van der Waals surface area contributed by atoms with Crippen LogP contribution >= 0.6 is 11.8 Å². The summed E-state index contributed by atoms with van der Waals surface area (Å²) < 4.78 is 22.5. The number of sulfone groups is 1. The minimum atomic E-state index is -3.08. The fraction of sp³-hybridized carbons (Fsp3) is 0.500. The molecule has 0 saturated carbocycles. The minimum absolute atomic E-state index is 0.365. The second-order valence-electron chi connectivity index (χ2n) is 3.77. The molecule has 0 aliphatic heterocycles. The van der Waals surface area contributed by atoms with Gasteiger partial charge in [-0.1, -0.05) is 6.92 Å². The van der Waals surface area contributed by atoms with Gasteiger partial charge in [0.2, 0.25) is 0 Å². The quantitative estimate of drug-likeness (QED) is 0.776. The first-order valence-corrected chi connectivity index (χ1v) is 8.70. The van der Waals surface area contributed by atoms with Crippen molar-refractivity contribution in [2.75, 3.05) is 29.6 Å². The Labute approximate surface area is 108 Å². The second kappa shape index (κ2) is 6.91. The van der Waals surface area contributed by atoms with E-state index >= 15 is 0 Å². The number of benzene rings is 1. The molecule has 0 atom stereocenters. The van der Waals surface area contributed by atoms with Crippen molar-refractivity contribution in [3.63, 3.8) is 0 Å². The highest BCUT2D eigenvalue weighted by Crippen LogP contribution is 2.13. The van der Waals surface area contributed by atoms with Crippen LogP contribution in [0.25, 0.3) is 0 Å². The highest BCUT2D eigenvalue weighted by molar-refractivity contribution is 7.99. The molecule has 0 aromatic heterocycles. The third-order valence-corrected chi connectivity index (χ3v) is 4.40. The van der Waals surface area contributed by atoms with Crippen molar-refractivity contribution >= 4 is 27.3 Å². The molecule has 0 aliphatic rings. The average molecular weight is 273 g/mol. The lowest BCUT2D eigenvalue weighted by molar-refractivity contribution is 0.602. The van der Waals surface area contributed by atoms with E-state index in [1.807, 2.05) is 23.9 Å². The van der Waals surface area contributed by atoms with Gasteiger partial charge in [0.05, 0.1) is 4.90 Å². The van der Waals surface area contributed by atoms with Gasteiger partial charge >= 0.3 is 0 Å². The van der Waals surface area contributed by atoms with Crippen molar-refractivity contribution < 1.29 is 8.42 Å². The van der Waals surface area contributed by atoms with E-state index in [2.05, 4.69) is 12.2 Å². The summed E-state index contributed by atoms with van der Waals surface area (Å²) in [7, 11) is -3.08. The molecule has 1 aromatic carbocycles. The van der Waals surface area contributed by atoms with Crippen LogP contribution in [0.5, 0.6) is 0 Å².